The molecule has 4 N–H and O–H groups in total. The van der Waals surface area contributed by atoms with Gasteiger partial charge in [-0.25, -0.2) is 0 Å². The Hall–Kier alpha value is -1.81. The maximum absolute atomic E-state index is 11.7. The number of hydrogen-bond acceptors (Lipinski definition) is 3. The van der Waals surface area contributed by atoms with Gasteiger partial charge >= 0.3 is 0 Å². The molecule has 0 fully saturated rings. The average Bonchev–Trinajstić information content (AvgIpc) is 2.30. The molecule has 84 valence electrons. The Balaban J connectivity index is 2.31. The van der Waals surface area contributed by atoms with Crippen molar-refractivity contribution < 1.29 is 0 Å². The molecule has 0 aliphatic rings. The number of nitrogens with one attached hydrogen (secondary N) is 2. The van der Waals surface area contributed by atoms with Gasteiger partial charge in [-0.05, 0) is 25.1 Å². The van der Waals surface area contributed by atoms with E-state index in [-0.39, 0.29) is 5.43 Å². The number of anilines is 1. The van der Waals surface area contributed by atoms with Crippen molar-refractivity contribution in [1.82, 2.24) is 4.98 Å². The van der Waals surface area contributed by atoms with E-state index < -0.39 is 0 Å². The number of nitrogens with two attached hydrogens (primary N) is 1. The largest absolute Gasteiger partial charge is 0.371 e. The summed E-state index contributed by atoms with van der Waals surface area (Å²) in [4.78, 5) is 14.9. The number of fused-ring (bicyclic) bond motifs is 1. The number of hydrogen-bond donors (Lipinski definition) is 3. The zero-order valence-corrected chi connectivity index (χ0v) is 8.99. The minimum absolute atomic E-state index is 0.0320. The van der Waals surface area contributed by atoms with Gasteiger partial charge in [-0.1, -0.05) is 12.1 Å². The van der Waals surface area contributed by atoms with Crippen LogP contribution in [0.2, 0.25) is 0 Å². The third-order valence-corrected chi connectivity index (χ3v) is 2.43. The molecule has 4 heteroatoms. The van der Waals surface area contributed by atoms with Crippen molar-refractivity contribution in [2.24, 2.45) is 5.73 Å². The molecule has 0 saturated heterocycles. The molecule has 0 aliphatic carbocycles. The number of aromatic amines is 1. The van der Waals surface area contributed by atoms with Crippen LogP contribution in [0.15, 0.2) is 35.1 Å². The van der Waals surface area contributed by atoms with Crippen molar-refractivity contribution >= 4 is 16.7 Å². The summed E-state index contributed by atoms with van der Waals surface area (Å²) in [6.07, 6.45) is 0.884. The van der Waals surface area contributed by atoms with Crippen molar-refractivity contribution in [2.45, 2.75) is 6.42 Å². The monoisotopic (exact) mass is 217 g/mol. The lowest BCUT2D eigenvalue weighted by molar-refractivity contribution is 0.871. The molecule has 16 heavy (non-hydrogen) atoms. The number of benzene rings is 1. The van der Waals surface area contributed by atoms with Gasteiger partial charge in [0, 0.05) is 18.0 Å². The number of aromatic nitrogens is 1. The molecular formula is C12H15N3O. The third-order valence-electron chi connectivity index (χ3n) is 2.43. The van der Waals surface area contributed by atoms with Crippen molar-refractivity contribution in [3.05, 3.63) is 40.6 Å². The van der Waals surface area contributed by atoms with Gasteiger partial charge in [-0.2, -0.15) is 0 Å². The molecule has 4 nitrogen and oxygen atoms in total. The standard InChI is InChI=1S/C12H15N3O/c13-6-3-7-14-12-8-11(16)9-4-1-2-5-10(9)15-12/h1-2,4-5,8H,3,6-7,13H2,(H2,14,15,16). The number of H-pyrrole nitrogens is 1. The molecule has 0 aliphatic heterocycles. The van der Waals surface area contributed by atoms with Crippen LogP contribution in [-0.2, 0) is 0 Å². The first-order chi connectivity index (χ1) is 7.81. The van der Waals surface area contributed by atoms with E-state index in [9.17, 15) is 4.79 Å². The third kappa shape index (κ3) is 2.23. The summed E-state index contributed by atoms with van der Waals surface area (Å²) in [5.74, 6) is 0.747. The number of para-hydroxylation sites is 1. The molecule has 1 aromatic heterocycles. The second kappa shape index (κ2) is 4.81. The highest BCUT2D eigenvalue weighted by atomic mass is 16.1. The Morgan fingerprint density at radius 1 is 1.31 bits per heavy atom. The second-order valence-corrected chi connectivity index (χ2v) is 3.66. The molecule has 0 amide bonds. The van der Waals surface area contributed by atoms with Crippen LogP contribution in [-0.4, -0.2) is 18.1 Å². The van der Waals surface area contributed by atoms with Crippen molar-refractivity contribution in [3.63, 3.8) is 0 Å². The maximum Gasteiger partial charge on any atom is 0.191 e. The maximum atomic E-state index is 11.7. The fourth-order valence-electron chi connectivity index (χ4n) is 1.62. The molecule has 0 radical (unpaired) electrons. The van der Waals surface area contributed by atoms with Crippen LogP contribution in [0, 0.1) is 0 Å². The fraction of sp³-hybridized carbons (Fsp3) is 0.250. The van der Waals surface area contributed by atoms with E-state index in [4.69, 9.17) is 5.73 Å². The van der Waals surface area contributed by atoms with Gasteiger partial charge in [0.15, 0.2) is 5.43 Å². The minimum atomic E-state index is 0.0320. The van der Waals surface area contributed by atoms with Gasteiger partial charge in [0.05, 0.1) is 5.52 Å². The molecule has 1 aromatic carbocycles. The first kappa shape index (κ1) is 10.7. The first-order valence-corrected chi connectivity index (χ1v) is 5.37. The minimum Gasteiger partial charge on any atom is -0.371 e. The second-order valence-electron chi connectivity index (χ2n) is 3.66. The fourth-order valence-corrected chi connectivity index (χ4v) is 1.62. The van der Waals surface area contributed by atoms with Crippen LogP contribution in [0.5, 0.6) is 0 Å². The molecular weight excluding hydrogens is 202 g/mol. The van der Waals surface area contributed by atoms with Crippen LogP contribution >= 0.6 is 0 Å². The Morgan fingerprint density at radius 2 is 2.12 bits per heavy atom. The highest BCUT2D eigenvalue weighted by molar-refractivity contribution is 5.79. The van der Waals surface area contributed by atoms with E-state index in [0.29, 0.717) is 11.9 Å². The quantitative estimate of drug-likeness (QED) is 0.676. The number of rotatable bonds is 4. The van der Waals surface area contributed by atoms with Gasteiger partial charge in [0.25, 0.3) is 0 Å². The van der Waals surface area contributed by atoms with E-state index in [1.54, 1.807) is 6.07 Å². The lowest BCUT2D eigenvalue weighted by Crippen LogP contribution is -2.11. The zero-order chi connectivity index (χ0) is 11.4. The average molecular weight is 217 g/mol. The molecule has 2 aromatic rings. The Labute approximate surface area is 93.5 Å². The number of pyridine rings is 1. The lowest BCUT2D eigenvalue weighted by Gasteiger charge is -2.06. The van der Waals surface area contributed by atoms with E-state index in [1.165, 1.54) is 0 Å². The topological polar surface area (TPSA) is 70.9 Å². The van der Waals surface area contributed by atoms with Crippen molar-refractivity contribution in [1.29, 1.82) is 0 Å². The van der Waals surface area contributed by atoms with Crippen molar-refractivity contribution in [2.75, 3.05) is 18.4 Å². The first-order valence-electron chi connectivity index (χ1n) is 5.37. The van der Waals surface area contributed by atoms with Crippen LogP contribution in [0.25, 0.3) is 10.9 Å². The highest BCUT2D eigenvalue weighted by Gasteiger charge is 2.00. The van der Waals surface area contributed by atoms with Crippen LogP contribution in [0.4, 0.5) is 5.82 Å². The smallest absolute Gasteiger partial charge is 0.191 e. The van der Waals surface area contributed by atoms with E-state index in [1.807, 2.05) is 24.3 Å². The summed E-state index contributed by atoms with van der Waals surface area (Å²) >= 11 is 0. The Kier molecular flexibility index (Phi) is 3.22. The molecule has 0 unspecified atom stereocenters. The molecule has 1 heterocycles. The van der Waals surface area contributed by atoms with Crippen molar-refractivity contribution in [3.8, 4) is 0 Å². The Bertz CT molecular complexity index is 533. The molecule has 0 atom stereocenters. The summed E-state index contributed by atoms with van der Waals surface area (Å²) in [6.45, 7) is 1.41. The molecule has 0 bridgehead atoms. The van der Waals surface area contributed by atoms with Gasteiger partial charge in [0.1, 0.15) is 5.82 Å². The summed E-state index contributed by atoms with van der Waals surface area (Å²) < 4.78 is 0. The van der Waals surface area contributed by atoms with Crippen LogP contribution < -0.4 is 16.5 Å². The highest BCUT2D eigenvalue weighted by Crippen LogP contribution is 2.09. The SMILES string of the molecule is NCCCNc1cc(=O)c2ccccc2[nH]1. The molecule has 0 spiro atoms. The summed E-state index contributed by atoms with van der Waals surface area (Å²) in [6, 6.07) is 9.06. The predicted octanol–water partition coefficient (Wildman–Crippen LogP) is 1.29. The van der Waals surface area contributed by atoms with E-state index in [2.05, 4.69) is 10.3 Å². The van der Waals surface area contributed by atoms with Gasteiger partial charge in [-0.15, -0.1) is 0 Å². The van der Waals surface area contributed by atoms with Gasteiger partial charge < -0.3 is 16.0 Å². The summed E-state index contributed by atoms with van der Waals surface area (Å²) in [5.41, 5.74) is 6.29. The van der Waals surface area contributed by atoms with Crippen LogP contribution in [0.1, 0.15) is 6.42 Å². The predicted molar refractivity (Wildman–Crippen MR) is 66.7 cm³/mol. The molecule has 2 rings (SSSR count). The van der Waals surface area contributed by atoms with E-state index >= 15 is 0 Å². The van der Waals surface area contributed by atoms with Gasteiger partial charge in [-0.3, -0.25) is 4.79 Å². The normalized spacial score (nSPS) is 10.6. The van der Waals surface area contributed by atoms with Gasteiger partial charge in [0.2, 0.25) is 0 Å². The lowest BCUT2D eigenvalue weighted by atomic mass is 10.2. The summed E-state index contributed by atoms with van der Waals surface area (Å²) in [5, 5.41) is 3.86. The van der Waals surface area contributed by atoms with Crippen LogP contribution in [0.3, 0.4) is 0 Å². The molecule has 0 saturated carbocycles. The summed E-state index contributed by atoms with van der Waals surface area (Å²) in [7, 11) is 0. The zero-order valence-electron chi connectivity index (χ0n) is 8.99. The van der Waals surface area contributed by atoms with E-state index in [0.717, 1.165) is 24.3 Å². The Morgan fingerprint density at radius 3 is 2.94 bits per heavy atom.